The lowest BCUT2D eigenvalue weighted by Gasteiger charge is -2.19. The van der Waals surface area contributed by atoms with E-state index in [0.717, 1.165) is 27.8 Å². The van der Waals surface area contributed by atoms with Gasteiger partial charge in [-0.3, -0.25) is 5.84 Å². The second kappa shape index (κ2) is 5.69. The topological polar surface area (TPSA) is 38.0 Å². The van der Waals surface area contributed by atoms with Gasteiger partial charge < -0.3 is 0 Å². The Kier molecular flexibility index (Phi) is 3.91. The molecule has 0 aliphatic heterocycles. The molecule has 1 atom stereocenters. The predicted molar refractivity (Wildman–Crippen MR) is 82.4 cm³/mol. The van der Waals surface area contributed by atoms with Gasteiger partial charge in [0.05, 0.1) is 11.1 Å². The van der Waals surface area contributed by atoms with E-state index in [4.69, 9.17) is 17.4 Å². The van der Waals surface area contributed by atoms with E-state index in [2.05, 4.69) is 5.43 Å². The summed E-state index contributed by atoms with van der Waals surface area (Å²) < 4.78 is 28.8. The number of nitrogens with two attached hydrogens (primary N) is 1. The molecule has 0 saturated carbocycles. The third kappa shape index (κ3) is 2.53. The molecule has 1 aromatic heterocycles. The molecule has 0 radical (unpaired) electrons. The molecule has 0 amide bonds. The molecule has 0 spiro atoms. The Bertz CT molecular complexity index is 803. The monoisotopic (exact) mass is 324 g/mol. The molecular weight excluding hydrogens is 314 g/mol. The first-order valence-corrected chi connectivity index (χ1v) is 7.44. The number of rotatable bonds is 3. The van der Waals surface area contributed by atoms with Gasteiger partial charge in [-0.1, -0.05) is 29.8 Å². The highest BCUT2D eigenvalue weighted by molar-refractivity contribution is 7.17. The van der Waals surface area contributed by atoms with Crippen molar-refractivity contribution >= 4 is 33.0 Å². The van der Waals surface area contributed by atoms with Crippen LogP contribution in [0.25, 0.3) is 10.1 Å². The first-order chi connectivity index (χ1) is 10.1. The molecule has 1 heterocycles. The molecule has 6 heteroatoms. The van der Waals surface area contributed by atoms with Gasteiger partial charge in [-0.25, -0.2) is 14.2 Å². The first kappa shape index (κ1) is 14.4. The summed E-state index contributed by atoms with van der Waals surface area (Å²) in [5.74, 6) is 4.31. The minimum atomic E-state index is -0.674. The van der Waals surface area contributed by atoms with E-state index in [9.17, 15) is 8.78 Å². The molecule has 0 saturated heterocycles. The van der Waals surface area contributed by atoms with Gasteiger partial charge in [0, 0.05) is 10.3 Å². The zero-order valence-corrected chi connectivity index (χ0v) is 12.3. The van der Waals surface area contributed by atoms with Crippen molar-refractivity contribution in [1.82, 2.24) is 5.43 Å². The standard InChI is InChI=1S/C15H11ClF2N2S/c16-11-7-12(17)10(6-13(11)18)14(20-19)9-3-1-2-8-4-5-21-15(8)9/h1-7,14,20H,19H2. The van der Waals surface area contributed by atoms with Gasteiger partial charge in [-0.15, -0.1) is 11.3 Å². The van der Waals surface area contributed by atoms with Gasteiger partial charge in [-0.05, 0) is 34.5 Å². The minimum Gasteiger partial charge on any atom is -0.271 e. The van der Waals surface area contributed by atoms with Gasteiger partial charge in [0.2, 0.25) is 0 Å². The van der Waals surface area contributed by atoms with E-state index < -0.39 is 17.7 Å². The maximum Gasteiger partial charge on any atom is 0.142 e. The Hall–Kier alpha value is -1.53. The molecule has 2 nitrogen and oxygen atoms in total. The average molecular weight is 325 g/mol. The van der Waals surface area contributed by atoms with Crippen LogP contribution in [-0.2, 0) is 0 Å². The van der Waals surface area contributed by atoms with E-state index >= 15 is 0 Å². The maximum atomic E-state index is 14.1. The summed E-state index contributed by atoms with van der Waals surface area (Å²) in [5, 5.41) is 2.73. The van der Waals surface area contributed by atoms with Gasteiger partial charge in [-0.2, -0.15) is 0 Å². The van der Waals surface area contributed by atoms with Crippen LogP contribution in [0.1, 0.15) is 17.2 Å². The zero-order chi connectivity index (χ0) is 15.0. The fourth-order valence-electron chi connectivity index (χ4n) is 2.35. The summed E-state index contributed by atoms with van der Waals surface area (Å²) >= 11 is 7.12. The molecule has 3 rings (SSSR count). The quantitative estimate of drug-likeness (QED) is 0.426. The summed E-state index contributed by atoms with van der Waals surface area (Å²) in [4.78, 5) is 0. The van der Waals surface area contributed by atoms with Crippen LogP contribution in [0.2, 0.25) is 5.02 Å². The second-order valence-electron chi connectivity index (χ2n) is 4.57. The van der Waals surface area contributed by atoms with Crippen molar-refractivity contribution in [3.63, 3.8) is 0 Å². The van der Waals surface area contributed by atoms with Crippen LogP contribution in [0.3, 0.4) is 0 Å². The molecule has 0 aliphatic carbocycles. The van der Waals surface area contributed by atoms with Crippen molar-refractivity contribution in [2.24, 2.45) is 5.84 Å². The molecule has 0 bridgehead atoms. The highest BCUT2D eigenvalue weighted by Crippen LogP contribution is 2.34. The number of hydrazine groups is 1. The Labute approximate surface area is 129 Å². The van der Waals surface area contributed by atoms with Crippen molar-refractivity contribution in [2.45, 2.75) is 6.04 Å². The van der Waals surface area contributed by atoms with Crippen LogP contribution in [-0.4, -0.2) is 0 Å². The van der Waals surface area contributed by atoms with Crippen LogP contribution in [0.5, 0.6) is 0 Å². The number of hydrogen-bond acceptors (Lipinski definition) is 3. The number of fused-ring (bicyclic) bond motifs is 1. The van der Waals surface area contributed by atoms with Crippen LogP contribution in [0, 0.1) is 11.6 Å². The highest BCUT2D eigenvalue weighted by Gasteiger charge is 2.21. The maximum absolute atomic E-state index is 14.1. The van der Waals surface area contributed by atoms with Crippen LogP contribution in [0.4, 0.5) is 8.78 Å². The Morgan fingerprint density at radius 2 is 1.90 bits per heavy atom. The zero-order valence-electron chi connectivity index (χ0n) is 10.7. The van der Waals surface area contributed by atoms with Gasteiger partial charge in [0.1, 0.15) is 11.6 Å². The largest absolute Gasteiger partial charge is 0.271 e. The van der Waals surface area contributed by atoms with Crippen molar-refractivity contribution in [3.8, 4) is 0 Å². The Morgan fingerprint density at radius 1 is 1.10 bits per heavy atom. The molecule has 2 aromatic carbocycles. The fourth-order valence-corrected chi connectivity index (χ4v) is 3.44. The Morgan fingerprint density at radius 3 is 2.67 bits per heavy atom. The number of hydrogen-bond donors (Lipinski definition) is 2. The van der Waals surface area contributed by atoms with Gasteiger partial charge in [0.25, 0.3) is 0 Å². The predicted octanol–water partition coefficient (Wildman–Crippen LogP) is 4.39. The molecule has 21 heavy (non-hydrogen) atoms. The summed E-state index contributed by atoms with van der Waals surface area (Å²) in [5.41, 5.74) is 3.48. The third-order valence-electron chi connectivity index (χ3n) is 3.34. The molecular formula is C15H11ClF2N2S. The van der Waals surface area contributed by atoms with Gasteiger partial charge >= 0.3 is 0 Å². The Balaban J connectivity index is 2.19. The summed E-state index contributed by atoms with van der Waals surface area (Å²) in [6.45, 7) is 0. The summed E-state index contributed by atoms with van der Waals surface area (Å²) in [6, 6.07) is 9.02. The SMILES string of the molecule is NNC(c1cc(F)c(Cl)cc1F)c1cccc2ccsc12. The number of benzene rings is 2. The fraction of sp³-hybridized carbons (Fsp3) is 0.0667. The van der Waals surface area contributed by atoms with Crippen molar-refractivity contribution in [3.05, 3.63) is 69.6 Å². The molecule has 1 unspecified atom stereocenters. The first-order valence-electron chi connectivity index (χ1n) is 6.18. The average Bonchev–Trinajstić information content (AvgIpc) is 2.94. The van der Waals surface area contributed by atoms with Crippen molar-refractivity contribution in [2.75, 3.05) is 0 Å². The van der Waals surface area contributed by atoms with Crippen molar-refractivity contribution < 1.29 is 8.78 Å². The lowest BCUT2D eigenvalue weighted by molar-refractivity contribution is 0.547. The molecule has 0 fully saturated rings. The van der Waals surface area contributed by atoms with E-state index in [1.54, 1.807) is 0 Å². The number of halogens is 3. The minimum absolute atomic E-state index is 0.125. The van der Waals surface area contributed by atoms with E-state index in [1.807, 2.05) is 29.6 Å². The number of thiophene rings is 1. The normalized spacial score (nSPS) is 12.8. The molecule has 0 aliphatic rings. The van der Waals surface area contributed by atoms with Crippen LogP contribution in [0.15, 0.2) is 41.8 Å². The summed E-state index contributed by atoms with van der Waals surface area (Å²) in [6.07, 6.45) is 0. The van der Waals surface area contributed by atoms with Gasteiger partial charge in [0.15, 0.2) is 0 Å². The highest BCUT2D eigenvalue weighted by atomic mass is 35.5. The lowest BCUT2D eigenvalue weighted by atomic mass is 9.97. The van der Waals surface area contributed by atoms with E-state index in [1.165, 1.54) is 11.3 Å². The lowest BCUT2D eigenvalue weighted by Crippen LogP contribution is -2.29. The third-order valence-corrected chi connectivity index (χ3v) is 4.61. The molecule has 3 N–H and O–H groups in total. The molecule has 3 aromatic rings. The molecule has 108 valence electrons. The van der Waals surface area contributed by atoms with Crippen LogP contribution >= 0.6 is 22.9 Å². The van der Waals surface area contributed by atoms with E-state index in [-0.39, 0.29) is 10.6 Å². The van der Waals surface area contributed by atoms with Crippen LogP contribution < -0.4 is 11.3 Å². The smallest absolute Gasteiger partial charge is 0.142 e. The second-order valence-corrected chi connectivity index (χ2v) is 5.90. The summed E-state index contributed by atoms with van der Waals surface area (Å²) in [7, 11) is 0. The van der Waals surface area contributed by atoms with Crippen molar-refractivity contribution in [1.29, 1.82) is 0 Å². The van der Waals surface area contributed by atoms with E-state index in [0.29, 0.717) is 0 Å². The number of nitrogens with one attached hydrogen (secondary N) is 1.